The maximum absolute atomic E-state index is 12.4. The van der Waals surface area contributed by atoms with Gasteiger partial charge in [-0.05, 0) is 43.2 Å². The van der Waals surface area contributed by atoms with E-state index in [1.54, 1.807) is 0 Å². The summed E-state index contributed by atoms with van der Waals surface area (Å²) in [5.74, 6) is 0.231. The number of halogens is 1. The highest BCUT2D eigenvalue weighted by Gasteiger charge is 2.21. The Hall–Kier alpha value is -2.01. The molecule has 1 aromatic heterocycles. The smallest absolute Gasteiger partial charge is 0.223 e. The van der Waals surface area contributed by atoms with Crippen LogP contribution in [-0.4, -0.2) is 46.8 Å². The molecule has 0 saturated carbocycles. The predicted octanol–water partition coefficient (Wildman–Crippen LogP) is 2.66. The van der Waals surface area contributed by atoms with Crippen LogP contribution in [0.4, 0.5) is 5.69 Å². The zero-order chi connectivity index (χ0) is 17.1. The highest BCUT2D eigenvalue weighted by Crippen LogP contribution is 2.20. The van der Waals surface area contributed by atoms with Crippen molar-refractivity contribution < 1.29 is 4.79 Å². The largest absolute Gasteiger partial charge is 0.368 e. The number of nitrogens with zero attached hydrogens (tertiary/aromatic N) is 4. The van der Waals surface area contributed by atoms with Gasteiger partial charge in [-0.2, -0.15) is 5.10 Å². The third kappa shape index (κ3) is 3.73. The summed E-state index contributed by atoms with van der Waals surface area (Å²) in [6.07, 6.45) is 3.17. The molecule has 1 aliphatic heterocycles. The zero-order valence-electron chi connectivity index (χ0n) is 14.2. The van der Waals surface area contributed by atoms with Crippen LogP contribution in [0.15, 0.2) is 30.5 Å². The van der Waals surface area contributed by atoms with E-state index in [9.17, 15) is 4.79 Å². The van der Waals surface area contributed by atoms with Crippen molar-refractivity contribution in [1.82, 2.24) is 14.7 Å². The normalized spacial score (nSPS) is 15.0. The fraction of sp³-hybridized carbons (Fsp3) is 0.444. The maximum atomic E-state index is 12.4. The van der Waals surface area contributed by atoms with E-state index >= 15 is 0 Å². The Kier molecular flexibility index (Phi) is 5.09. The first kappa shape index (κ1) is 16.8. The average Bonchev–Trinajstić information content (AvgIpc) is 2.92. The third-order valence-corrected chi connectivity index (χ3v) is 5.02. The SMILES string of the molecule is Cc1c(CCC(=O)N2CCN(c3ccc(Cl)cc3)CC2)cnn1C. The van der Waals surface area contributed by atoms with Crippen molar-refractivity contribution in [2.75, 3.05) is 31.1 Å². The predicted molar refractivity (Wildman–Crippen MR) is 96.5 cm³/mol. The number of carbonyl (C=O) groups excluding carboxylic acids is 1. The van der Waals surface area contributed by atoms with E-state index in [1.807, 2.05) is 54.0 Å². The van der Waals surface area contributed by atoms with Crippen LogP contribution in [0.25, 0.3) is 0 Å². The van der Waals surface area contributed by atoms with Crippen molar-refractivity contribution in [3.63, 3.8) is 0 Å². The fourth-order valence-electron chi connectivity index (χ4n) is 3.06. The van der Waals surface area contributed by atoms with Crippen LogP contribution in [0, 0.1) is 6.92 Å². The zero-order valence-corrected chi connectivity index (χ0v) is 15.0. The Morgan fingerprint density at radius 3 is 2.42 bits per heavy atom. The topological polar surface area (TPSA) is 41.4 Å². The summed E-state index contributed by atoms with van der Waals surface area (Å²) in [5, 5.41) is 4.98. The number of anilines is 1. The Bertz CT molecular complexity index is 702. The fourth-order valence-corrected chi connectivity index (χ4v) is 3.18. The molecular formula is C18H23ClN4O. The lowest BCUT2D eigenvalue weighted by molar-refractivity contribution is -0.131. The van der Waals surface area contributed by atoms with Crippen LogP contribution in [0.2, 0.25) is 5.02 Å². The van der Waals surface area contributed by atoms with Gasteiger partial charge in [-0.3, -0.25) is 9.48 Å². The van der Waals surface area contributed by atoms with E-state index in [-0.39, 0.29) is 5.91 Å². The lowest BCUT2D eigenvalue weighted by atomic mass is 10.1. The first-order valence-corrected chi connectivity index (χ1v) is 8.68. The van der Waals surface area contributed by atoms with Gasteiger partial charge in [0.25, 0.3) is 0 Å². The second-order valence-corrected chi connectivity index (χ2v) is 6.66. The van der Waals surface area contributed by atoms with Gasteiger partial charge < -0.3 is 9.80 Å². The highest BCUT2D eigenvalue weighted by molar-refractivity contribution is 6.30. The molecular weight excluding hydrogens is 324 g/mol. The van der Waals surface area contributed by atoms with E-state index in [1.165, 1.54) is 0 Å². The molecule has 5 nitrogen and oxygen atoms in total. The van der Waals surface area contributed by atoms with Crippen LogP contribution in [0.3, 0.4) is 0 Å². The van der Waals surface area contributed by atoms with Gasteiger partial charge in [-0.15, -0.1) is 0 Å². The van der Waals surface area contributed by atoms with E-state index in [0.717, 1.165) is 54.6 Å². The molecule has 0 N–H and O–H groups in total. The molecule has 6 heteroatoms. The Labute approximate surface area is 147 Å². The second kappa shape index (κ2) is 7.26. The molecule has 2 aromatic rings. The maximum Gasteiger partial charge on any atom is 0.223 e. The van der Waals surface area contributed by atoms with Gasteiger partial charge in [0.2, 0.25) is 5.91 Å². The number of carbonyl (C=O) groups is 1. The molecule has 1 saturated heterocycles. The van der Waals surface area contributed by atoms with Crippen LogP contribution in [0.5, 0.6) is 0 Å². The first-order chi connectivity index (χ1) is 11.5. The molecule has 1 fully saturated rings. The third-order valence-electron chi connectivity index (χ3n) is 4.77. The molecule has 0 bridgehead atoms. The molecule has 0 unspecified atom stereocenters. The van der Waals surface area contributed by atoms with Crippen LogP contribution < -0.4 is 4.90 Å². The van der Waals surface area contributed by atoms with Gasteiger partial charge in [0, 0.05) is 56.1 Å². The minimum atomic E-state index is 0.231. The minimum Gasteiger partial charge on any atom is -0.368 e. The number of benzene rings is 1. The lowest BCUT2D eigenvalue weighted by Crippen LogP contribution is -2.48. The number of hydrogen-bond acceptors (Lipinski definition) is 3. The second-order valence-electron chi connectivity index (χ2n) is 6.22. The van der Waals surface area contributed by atoms with Crippen molar-refractivity contribution in [2.24, 2.45) is 7.05 Å². The monoisotopic (exact) mass is 346 g/mol. The Morgan fingerprint density at radius 2 is 1.83 bits per heavy atom. The van der Waals surface area contributed by atoms with Crippen LogP contribution in [0.1, 0.15) is 17.7 Å². The van der Waals surface area contributed by atoms with Gasteiger partial charge in [0.15, 0.2) is 0 Å². The summed E-state index contributed by atoms with van der Waals surface area (Å²) >= 11 is 5.94. The average molecular weight is 347 g/mol. The highest BCUT2D eigenvalue weighted by atomic mass is 35.5. The number of aryl methyl sites for hydroxylation is 2. The van der Waals surface area contributed by atoms with E-state index in [2.05, 4.69) is 10.00 Å². The van der Waals surface area contributed by atoms with E-state index in [4.69, 9.17) is 11.6 Å². The standard InChI is InChI=1S/C18H23ClN4O/c1-14-15(13-20-21(14)2)3-8-18(24)23-11-9-22(10-12-23)17-6-4-16(19)5-7-17/h4-7,13H,3,8-12H2,1-2H3. The molecule has 1 aromatic carbocycles. The number of hydrogen-bond donors (Lipinski definition) is 0. The minimum absolute atomic E-state index is 0.231. The molecule has 1 amide bonds. The molecule has 3 rings (SSSR count). The molecule has 128 valence electrons. The quantitative estimate of drug-likeness (QED) is 0.854. The summed E-state index contributed by atoms with van der Waals surface area (Å²) in [7, 11) is 1.93. The van der Waals surface area contributed by atoms with Crippen LogP contribution >= 0.6 is 11.6 Å². The molecule has 0 atom stereocenters. The Balaban J connectivity index is 1.50. The van der Waals surface area contributed by atoms with Crippen LogP contribution in [-0.2, 0) is 18.3 Å². The molecule has 0 aliphatic carbocycles. The molecule has 0 spiro atoms. The summed E-state index contributed by atoms with van der Waals surface area (Å²) in [4.78, 5) is 16.7. The van der Waals surface area contributed by atoms with Gasteiger partial charge in [-0.25, -0.2) is 0 Å². The lowest BCUT2D eigenvalue weighted by Gasteiger charge is -2.36. The van der Waals surface area contributed by atoms with Gasteiger partial charge >= 0.3 is 0 Å². The summed E-state index contributed by atoms with van der Waals surface area (Å²) in [5.41, 5.74) is 3.46. The summed E-state index contributed by atoms with van der Waals surface area (Å²) in [6, 6.07) is 7.88. The number of aromatic nitrogens is 2. The molecule has 24 heavy (non-hydrogen) atoms. The van der Waals surface area contributed by atoms with Gasteiger partial charge in [0.05, 0.1) is 6.20 Å². The number of amides is 1. The van der Waals surface area contributed by atoms with E-state index in [0.29, 0.717) is 6.42 Å². The number of piperazine rings is 1. The van der Waals surface area contributed by atoms with Crippen molar-refractivity contribution >= 4 is 23.2 Å². The Morgan fingerprint density at radius 1 is 1.17 bits per heavy atom. The van der Waals surface area contributed by atoms with E-state index < -0.39 is 0 Å². The molecule has 1 aliphatic rings. The van der Waals surface area contributed by atoms with Crippen molar-refractivity contribution in [3.8, 4) is 0 Å². The first-order valence-electron chi connectivity index (χ1n) is 8.30. The summed E-state index contributed by atoms with van der Waals surface area (Å²) in [6.45, 7) is 5.30. The van der Waals surface area contributed by atoms with Gasteiger partial charge in [-0.1, -0.05) is 11.6 Å². The molecule has 2 heterocycles. The van der Waals surface area contributed by atoms with Gasteiger partial charge in [0.1, 0.15) is 0 Å². The van der Waals surface area contributed by atoms with Crippen molar-refractivity contribution in [3.05, 3.63) is 46.7 Å². The summed E-state index contributed by atoms with van der Waals surface area (Å²) < 4.78 is 1.85. The van der Waals surface area contributed by atoms with Crippen molar-refractivity contribution in [2.45, 2.75) is 19.8 Å². The van der Waals surface area contributed by atoms with Crippen molar-refractivity contribution in [1.29, 1.82) is 0 Å². The number of rotatable bonds is 4. The molecule has 0 radical (unpaired) electrons.